The second kappa shape index (κ2) is 14.2. The van der Waals surface area contributed by atoms with Crippen molar-refractivity contribution in [2.24, 2.45) is 4.99 Å². The van der Waals surface area contributed by atoms with Crippen LogP contribution in [-0.4, -0.2) is 42.2 Å². The first-order valence-corrected chi connectivity index (χ1v) is 16.4. The van der Waals surface area contributed by atoms with Gasteiger partial charge in [-0.25, -0.2) is 4.99 Å². The summed E-state index contributed by atoms with van der Waals surface area (Å²) < 4.78 is 12.7. The number of rotatable bonds is 9. The summed E-state index contributed by atoms with van der Waals surface area (Å²) in [6.45, 7) is 7.29. The van der Waals surface area contributed by atoms with Crippen LogP contribution in [-0.2, 0) is 11.4 Å². The van der Waals surface area contributed by atoms with Gasteiger partial charge in [0.25, 0.3) is 5.91 Å². The lowest BCUT2D eigenvalue weighted by Gasteiger charge is -2.28. The van der Waals surface area contributed by atoms with E-state index in [1.54, 1.807) is 17.0 Å². The number of carbonyl (C=O) groups excluding carboxylic acids is 1. The van der Waals surface area contributed by atoms with Crippen LogP contribution in [0.25, 0.3) is 6.08 Å². The van der Waals surface area contributed by atoms with Gasteiger partial charge >= 0.3 is 0 Å². The maximum absolute atomic E-state index is 13.3. The molecule has 2 aliphatic heterocycles. The molecule has 3 aromatic rings. The van der Waals surface area contributed by atoms with Gasteiger partial charge in [0.1, 0.15) is 6.61 Å². The summed E-state index contributed by atoms with van der Waals surface area (Å²) in [5, 5.41) is 1.77. The Labute approximate surface area is 269 Å². The molecule has 1 amide bonds. The monoisotopic (exact) mass is 687 g/mol. The maximum atomic E-state index is 13.3. The van der Waals surface area contributed by atoms with Gasteiger partial charge in [0.05, 0.1) is 21.7 Å². The van der Waals surface area contributed by atoms with Gasteiger partial charge in [0.2, 0.25) is 0 Å². The highest BCUT2D eigenvalue weighted by Gasteiger charge is 2.32. The van der Waals surface area contributed by atoms with Crippen LogP contribution in [0.2, 0.25) is 10.0 Å². The summed E-state index contributed by atoms with van der Waals surface area (Å²) in [4.78, 5) is 22.9. The molecule has 220 valence electrons. The van der Waals surface area contributed by atoms with E-state index < -0.39 is 0 Å². The molecule has 0 N–H and O–H groups in total. The number of halogens is 3. The Morgan fingerprint density at radius 2 is 1.76 bits per heavy atom. The van der Waals surface area contributed by atoms with Crippen LogP contribution in [0.4, 0.5) is 11.4 Å². The third kappa shape index (κ3) is 7.28. The Morgan fingerprint density at radius 1 is 1.00 bits per heavy atom. The minimum atomic E-state index is -0.0713. The van der Waals surface area contributed by atoms with E-state index in [0.717, 1.165) is 29.9 Å². The van der Waals surface area contributed by atoms with Gasteiger partial charge < -0.3 is 14.4 Å². The third-order valence-corrected chi connectivity index (χ3v) is 9.20. The molecule has 0 aromatic heterocycles. The molecule has 10 heteroatoms. The minimum Gasteiger partial charge on any atom is -0.490 e. The second-order valence-corrected chi connectivity index (χ2v) is 12.6. The molecule has 0 atom stereocenters. The number of piperidine rings is 1. The molecular weight excluding hydrogens is 657 g/mol. The number of amides is 1. The first-order valence-electron chi connectivity index (χ1n) is 14.0. The summed E-state index contributed by atoms with van der Waals surface area (Å²) in [6, 6.07) is 17.4. The fourth-order valence-electron chi connectivity index (χ4n) is 4.89. The molecule has 3 aromatic carbocycles. The van der Waals surface area contributed by atoms with Gasteiger partial charge in [-0.15, -0.1) is 0 Å². The van der Waals surface area contributed by atoms with E-state index in [-0.39, 0.29) is 12.5 Å². The predicted octanol–water partition coefficient (Wildman–Crippen LogP) is 9.35. The van der Waals surface area contributed by atoms with Crippen molar-refractivity contribution in [1.82, 2.24) is 4.90 Å². The van der Waals surface area contributed by atoms with Crippen LogP contribution in [0, 0.1) is 0 Å². The van der Waals surface area contributed by atoms with Crippen molar-refractivity contribution in [2.75, 3.05) is 31.1 Å². The molecule has 0 aliphatic carbocycles. The number of aliphatic imine (C=N–C) groups is 1. The van der Waals surface area contributed by atoms with Crippen molar-refractivity contribution in [3.8, 4) is 11.5 Å². The lowest BCUT2D eigenvalue weighted by Crippen LogP contribution is -2.29. The second-order valence-electron chi connectivity index (χ2n) is 9.91. The number of hydrogen-bond donors (Lipinski definition) is 0. The number of nitrogens with zero attached hydrogens (tertiary/aromatic N) is 3. The fraction of sp³-hybridized carbons (Fsp3) is 0.312. The number of ether oxygens (including phenoxy) is 2. The van der Waals surface area contributed by atoms with E-state index >= 15 is 0 Å². The molecule has 5 rings (SSSR count). The minimum absolute atomic E-state index is 0.0713. The molecule has 2 fully saturated rings. The van der Waals surface area contributed by atoms with E-state index in [2.05, 4.69) is 33.0 Å². The van der Waals surface area contributed by atoms with Crippen LogP contribution in [0.15, 0.2) is 69.0 Å². The standard InChI is InChI=1S/C32H32BrCl2N3O3S/c1-3-38-31(39)29(42-32(38)36-24-10-12-25(13-11-24)37-14-6-5-7-15-37)18-21-16-26(33)30(28(17-21)40-4-2)41-20-22-8-9-23(34)19-27(22)35/h8-13,16-19H,3-7,14-15,20H2,1-2H3/b29-18-,36-32?. The summed E-state index contributed by atoms with van der Waals surface area (Å²) in [7, 11) is 0. The molecule has 0 bridgehead atoms. The molecule has 0 unspecified atom stereocenters. The van der Waals surface area contributed by atoms with Crippen LogP contribution >= 0.6 is 50.9 Å². The molecule has 2 aliphatic rings. The molecule has 2 saturated heterocycles. The Kier molecular flexibility index (Phi) is 10.4. The van der Waals surface area contributed by atoms with Crippen molar-refractivity contribution in [3.63, 3.8) is 0 Å². The van der Waals surface area contributed by atoms with Crippen LogP contribution in [0.3, 0.4) is 0 Å². The lowest BCUT2D eigenvalue weighted by molar-refractivity contribution is -0.122. The number of thioether (sulfide) groups is 1. The maximum Gasteiger partial charge on any atom is 0.266 e. The van der Waals surface area contributed by atoms with Gasteiger partial charge in [0, 0.05) is 40.9 Å². The SMILES string of the molecule is CCOc1cc(/C=C2\SC(=Nc3ccc(N4CCCCC4)cc3)N(CC)C2=O)cc(Br)c1OCc1ccc(Cl)cc1Cl. The number of likely N-dealkylation sites (N-methyl/N-ethyl adjacent to an activating group) is 1. The van der Waals surface area contributed by atoms with E-state index in [4.69, 9.17) is 37.7 Å². The number of anilines is 1. The first-order chi connectivity index (χ1) is 20.4. The van der Waals surface area contributed by atoms with Gasteiger partial charge in [-0.3, -0.25) is 9.69 Å². The number of hydrogen-bond acceptors (Lipinski definition) is 6. The average Bonchev–Trinajstić information content (AvgIpc) is 3.27. The van der Waals surface area contributed by atoms with E-state index in [0.29, 0.717) is 49.2 Å². The zero-order valence-electron chi connectivity index (χ0n) is 23.5. The highest BCUT2D eigenvalue weighted by molar-refractivity contribution is 9.10. The van der Waals surface area contributed by atoms with Crippen molar-refractivity contribution in [2.45, 2.75) is 39.7 Å². The summed E-state index contributed by atoms with van der Waals surface area (Å²) >= 11 is 17.4. The Hall–Kier alpha value is -2.65. The number of benzene rings is 3. The van der Waals surface area contributed by atoms with Crippen LogP contribution in [0.5, 0.6) is 11.5 Å². The fourth-order valence-corrected chi connectivity index (χ4v) is 6.98. The van der Waals surface area contributed by atoms with Crippen molar-refractivity contribution in [3.05, 3.63) is 85.1 Å². The molecule has 2 heterocycles. The van der Waals surface area contributed by atoms with Crippen molar-refractivity contribution >= 4 is 79.4 Å². The van der Waals surface area contributed by atoms with Crippen molar-refractivity contribution in [1.29, 1.82) is 0 Å². The highest BCUT2D eigenvalue weighted by Crippen LogP contribution is 2.40. The van der Waals surface area contributed by atoms with E-state index in [1.807, 2.05) is 50.3 Å². The normalized spacial score (nSPS) is 17.4. The smallest absolute Gasteiger partial charge is 0.266 e. The molecule has 0 spiro atoms. The summed E-state index contributed by atoms with van der Waals surface area (Å²) in [5.41, 5.74) is 3.67. The van der Waals surface area contributed by atoms with Gasteiger partial charge in [-0.2, -0.15) is 0 Å². The molecule has 0 radical (unpaired) electrons. The van der Waals surface area contributed by atoms with Crippen LogP contribution in [0.1, 0.15) is 44.2 Å². The topological polar surface area (TPSA) is 54.4 Å². The Balaban J connectivity index is 1.36. The molecule has 0 saturated carbocycles. The molecule has 6 nitrogen and oxygen atoms in total. The Bertz CT molecular complexity index is 1510. The summed E-state index contributed by atoms with van der Waals surface area (Å²) in [5.74, 6) is 1.05. The van der Waals surface area contributed by atoms with E-state index in [9.17, 15) is 4.79 Å². The lowest BCUT2D eigenvalue weighted by atomic mass is 10.1. The number of carbonyl (C=O) groups is 1. The van der Waals surface area contributed by atoms with Gasteiger partial charge in [-0.05, 0) is 121 Å². The Morgan fingerprint density at radius 3 is 2.45 bits per heavy atom. The highest BCUT2D eigenvalue weighted by atomic mass is 79.9. The zero-order chi connectivity index (χ0) is 29.6. The predicted molar refractivity (Wildman–Crippen MR) is 179 cm³/mol. The van der Waals surface area contributed by atoms with Crippen molar-refractivity contribution < 1.29 is 14.3 Å². The quantitative estimate of drug-likeness (QED) is 0.210. The largest absolute Gasteiger partial charge is 0.490 e. The van der Waals surface area contributed by atoms with Gasteiger partial charge in [0.15, 0.2) is 16.7 Å². The first kappa shape index (κ1) is 30.8. The van der Waals surface area contributed by atoms with E-state index in [1.165, 1.54) is 36.7 Å². The van der Waals surface area contributed by atoms with Gasteiger partial charge in [-0.1, -0.05) is 29.3 Å². The average molecular weight is 690 g/mol. The zero-order valence-corrected chi connectivity index (χ0v) is 27.5. The number of amidine groups is 1. The third-order valence-electron chi connectivity index (χ3n) is 7.02. The molecular formula is C32H32BrCl2N3O3S. The molecule has 42 heavy (non-hydrogen) atoms. The summed E-state index contributed by atoms with van der Waals surface area (Å²) in [6.07, 6.45) is 5.64. The van der Waals surface area contributed by atoms with Crippen LogP contribution < -0.4 is 14.4 Å².